The quantitative estimate of drug-likeness (QED) is 0.693. The Hall–Kier alpha value is -2.82. The molecule has 0 N–H and O–H groups in total. The number of hydrogen-bond donors (Lipinski definition) is 0. The van der Waals surface area contributed by atoms with Crippen LogP contribution < -0.4 is 4.74 Å². The molecule has 0 radical (unpaired) electrons. The third-order valence-electron chi connectivity index (χ3n) is 3.19. The summed E-state index contributed by atoms with van der Waals surface area (Å²) in [7, 11) is 0. The van der Waals surface area contributed by atoms with Crippen LogP contribution in [-0.4, -0.2) is 22.4 Å². The van der Waals surface area contributed by atoms with Gasteiger partial charge in [-0.15, -0.1) is 0 Å². The summed E-state index contributed by atoms with van der Waals surface area (Å²) in [6.07, 6.45) is 0. The first-order valence-corrected chi connectivity index (χ1v) is 6.78. The lowest BCUT2D eigenvalue weighted by Crippen LogP contribution is -2.13. The van der Waals surface area contributed by atoms with Crippen molar-refractivity contribution in [3.8, 4) is 5.88 Å². The standard InChI is InChI=1S/C17H13FN2O2/c1-11-19-15-5-3-2-4-14(15)17(20-11)22-10-16(21)12-6-8-13(18)9-7-12/h2-9H,10H2,1H3. The number of nitrogens with zero attached hydrogens (tertiary/aromatic N) is 2. The Labute approximate surface area is 126 Å². The van der Waals surface area contributed by atoms with Gasteiger partial charge in [0.05, 0.1) is 10.9 Å². The van der Waals surface area contributed by atoms with Gasteiger partial charge in [-0.25, -0.2) is 9.37 Å². The van der Waals surface area contributed by atoms with Crippen molar-refractivity contribution in [3.05, 3.63) is 65.7 Å². The third-order valence-corrected chi connectivity index (χ3v) is 3.19. The molecule has 0 unspecified atom stereocenters. The second kappa shape index (κ2) is 5.89. The van der Waals surface area contributed by atoms with E-state index in [-0.39, 0.29) is 18.2 Å². The highest BCUT2D eigenvalue weighted by molar-refractivity contribution is 5.97. The van der Waals surface area contributed by atoms with Gasteiger partial charge in [-0.2, -0.15) is 4.98 Å². The molecule has 0 saturated carbocycles. The van der Waals surface area contributed by atoms with Crippen molar-refractivity contribution in [2.45, 2.75) is 6.92 Å². The molecule has 0 aliphatic rings. The van der Waals surface area contributed by atoms with Crippen LogP contribution in [0.1, 0.15) is 16.2 Å². The number of halogens is 1. The van der Waals surface area contributed by atoms with Gasteiger partial charge >= 0.3 is 0 Å². The predicted octanol–water partition coefficient (Wildman–Crippen LogP) is 3.34. The lowest BCUT2D eigenvalue weighted by Gasteiger charge is -2.08. The first-order chi connectivity index (χ1) is 10.6. The van der Waals surface area contributed by atoms with Gasteiger partial charge in [-0.1, -0.05) is 12.1 Å². The number of aryl methyl sites for hydroxylation is 1. The van der Waals surface area contributed by atoms with E-state index in [1.807, 2.05) is 24.3 Å². The molecule has 0 spiro atoms. The lowest BCUT2D eigenvalue weighted by molar-refractivity contribution is 0.0919. The number of aromatic nitrogens is 2. The molecule has 0 bridgehead atoms. The van der Waals surface area contributed by atoms with Crippen molar-refractivity contribution >= 4 is 16.7 Å². The molecule has 1 aromatic heterocycles. The van der Waals surface area contributed by atoms with Gasteiger partial charge in [0.2, 0.25) is 5.88 Å². The molecule has 22 heavy (non-hydrogen) atoms. The summed E-state index contributed by atoms with van der Waals surface area (Å²) in [5.41, 5.74) is 1.16. The monoisotopic (exact) mass is 296 g/mol. The van der Waals surface area contributed by atoms with E-state index >= 15 is 0 Å². The van der Waals surface area contributed by atoms with Crippen LogP contribution in [0, 0.1) is 12.7 Å². The second-order valence-electron chi connectivity index (χ2n) is 4.81. The molecule has 0 atom stereocenters. The predicted molar refractivity (Wildman–Crippen MR) is 80.5 cm³/mol. The van der Waals surface area contributed by atoms with Gasteiger partial charge in [0.1, 0.15) is 11.6 Å². The average molecular weight is 296 g/mol. The molecule has 1 heterocycles. The summed E-state index contributed by atoms with van der Waals surface area (Å²) < 4.78 is 18.4. The van der Waals surface area contributed by atoms with E-state index in [2.05, 4.69) is 9.97 Å². The first kappa shape index (κ1) is 14.1. The molecular formula is C17H13FN2O2. The van der Waals surface area contributed by atoms with Crippen molar-refractivity contribution in [1.82, 2.24) is 9.97 Å². The van der Waals surface area contributed by atoms with Gasteiger partial charge in [0.25, 0.3) is 0 Å². The third kappa shape index (κ3) is 2.93. The van der Waals surface area contributed by atoms with E-state index in [1.165, 1.54) is 24.3 Å². The van der Waals surface area contributed by atoms with Crippen LogP contribution in [0.3, 0.4) is 0 Å². The zero-order chi connectivity index (χ0) is 15.5. The van der Waals surface area contributed by atoms with Crippen LogP contribution in [0.15, 0.2) is 48.5 Å². The SMILES string of the molecule is Cc1nc(OCC(=O)c2ccc(F)cc2)c2ccccc2n1. The van der Waals surface area contributed by atoms with Crippen LogP contribution >= 0.6 is 0 Å². The average Bonchev–Trinajstić information content (AvgIpc) is 2.52. The molecular weight excluding hydrogens is 283 g/mol. The molecule has 3 rings (SSSR count). The Morgan fingerprint density at radius 3 is 2.59 bits per heavy atom. The maximum Gasteiger partial charge on any atom is 0.225 e. The molecule has 110 valence electrons. The number of rotatable bonds is 4. The number of Topliss-reactive ketones (excluding diaryl/α,β-unsaturated/α-hetero) is 1. The summed E-state index contributed by atoms with van der Waals surface area (Å²) in [5, 5.41) is 0.750. The number of carbonyl (C=O) groups excluding carboxylic acids is 1. The molecule has 4 nitrogen and oxygen atoms in total. The normalized spacial score (nSPS) is 10.6. The van der Waals surface area contributed by atoms with Gasteiger partial charge in [0, 0.05) is 5.56 Å². The molecule has 0 aliphatic heterocycles. The highest BCUT2D eigenvalue weighted by Gasteiger charge is 2.11. The summed E-state index contributed by atoms with van der Waals surface area (Å²) in [6.45, 7) is 1.60. The van der Waals surface area contributed by atoms with Crippen LogP contribution in [0.25, 0.3) is 10.9 Å². The zero-order valence-corrected chi connectivity index (χ0v) is 11.9. The van der Waals surface area contributed by atoms with Crippen molar-refractivity contribution in [1.29, 1.82) is 0 Å². The van der Waals surface area contributed by atoms with Crippen molar-refractivity contribution < 1.29 is 13.9 Å². The number of benzene rings is 2. The topological polar surface area (TPSA) is 52.1 Å². The van der Waals surface area contributed by atoms with Crippen LogP contribution in [0.4, 0.5) is 4.39 Å². The van der Waals surface area contributed by atoms with E-state index < -0.39 is 0 Å². The minimum atomic E-state index is -0.380. The fourth-order valence-electron chi connectivity index (χ4n) is 2.12. The van der Waals surface area contributed by atoms with E-state index in [0.717, 1.165) is 10.9 Å². The van der Waals surface area contributed by atoms with Crippen molar-refractivity contribution in [2.24, 2.45) is 0 Å². The van der Waals surface area contributed by atoms with Crippen LogP contribution in [0.2, 0.25) is 0 Å². The number of ether oxygens (including phenoxy) is 1. The smallest absolute Gasteiger partial charge is 0.225 e. The number of carbonyl (C=O) groups is 1. The molecule has 3 aromatic rings. The van der Waals surface area contributed by atoms with E-state index in [1.54, 1.807) is 6.92 Å². The lowest BCUT2D eigenvalue weighted by atomic mass is 10.1. The minimum Gasteiger partial charge on any atom is -0.469 e. The van der Waals surface area contributed by atoms with Gasteiger partial charge < -0.3 is 4.74 Å². The van der Waals surface area contributed by atoms with Crippen LogP contribution in [0.5, 0.6) is 5.88 Å². The van der Waals surface area contributed by atoms with Crippen LogP contribution in [-0.2, 0) is 0 Å². The Morgan fingerprint density at radius 1 is 1.09 bits per heavy atom. The van der Waals surface area contributed by atoms with Gasteiger partial charge in [-0.05, 0) is 43.3 Å². The van der Waals surface area contributed by atoms with Crippen molar-refractivity contribution in [2.75, 3.05) is 6.61 Å². The molecule has 0 aliphatic carbocycles. The Bertz CT molecular complexity index is 832. The number of fused-ring (bicyclic) bond motifs is 1. The number of hydrogen-bond acceptors (Lipinski definition) is 4. The molecule has 0 fully saturated rings. The first-order valence-electron chi connectivity index (χ1n) is 6.78. The molecule has 2 aromatic carbocycles. The molecule has 0 saturated heterocycles. The fourth-order valence-corrected chi connectivity index (χ4v) is 2.12. The van der Waals surface area contributed by atoms with Gasteiger partial charge in [-0.3, -0.25) is 4.79 Å². The van der Waals surface area contributed by atoms with Crippen molar-refractivity contribution in [3.63, 3.8) is 0 Å². The van der Waals surface area contributed by atoms with E-state index in [9.17, 15) is 9.18 Å². The minimum absolute atomic E-state index is 0.161. The van der Waals surface area contributed by atoms with Gasteiger partial charge in [0.15, 0.2) is 12.4 Å². The number of para-hydroxylation sites is 1. The summed E-state index contributed by atoms with van der Waals surface area (Å²) in [5.74, 6) is 0.330. The highest BCUT2D eigenvalue weighted by Crippen LogP contribution is 2.22. The maximum atomic E-state index is 12.9. The largest absolute Gasteiger partial charge is 0.469 e. The van der Waals surface area contributed by atoms with E-state index in [0.29, 0.717) is 17.3 Å². The fraction of sp³-hybridized carbons (Fsp3) is 0.118. The molecule has 5 heteroatoms. The maximum absolute atomic E-state index is 12.9. The Kier molecular flexibility index (Phi) is 3.78. The molecule has 0 amide bonds. The Morgan fingerprint density at radius 2 is 1.82 bits per heavy atom. The highest BCUT2D eigenvalue weighted by atomic mass is 19.1. The summed E-state index contributed by atoms with van der Waals surface area (Å²) >= 11 is 0. The Balaban J connectivity index is 1.82. The summed E-state index contributed by atoms with van der Waals surface area (Å²) in [4.78, 5) is 20.6. The second-order valence-corrected chi connectivity index (χ2v) is 4.81. The zero-order valence-electron chi connectivity index (χ0n) is 11.9. The van der Waals surface area contributed by atoms with E-state index in [4.69, 9.17) is 4.74 Å². The summed E-state index contributed by atoms with van der Waals surface area (Å²) in [6, 6.07) is 12.8. The number of ketones is 1.